The van der Waals surface area contributed by atoms with Crippen molar-refractivity contribution in [3.8, 4) is 0 Å². The maximum absolute atomic E-state index is 11.1. The maximum atomic E-state index is 11.1. The number of hydrogen-bond acceptors (Lipinski definition) is 3. The molecule has 1 aliphatic rings. The van der Waals surface area contributed by atoms with E-state index in [9.17, 15) is 4.79 Å². The summed E-state index contributed by atoms with van der Waals surface area (Å²) in [5, 5.41) is 0. The van der Waals surface area contributed by atoms with Crippen LogP contribution < -0.4 is 0 Å². The zero-order valence-electron chi connectivity index (χ0n) is 23.1. The molecule has 0 aromatic rings. The highest BCUT2D eigenvalue weighted by Gasteiger charge is 2.34. The van der Waals surface area contributed by atoms with E-state index in [0.717, 1.165) is 30.7 Å². The van der Waals surface area contributed by atoms with Crippen LogP contribution in [0.4, 0.5) is 0 Å². The molecule has 1 aliphatic carbocycles. The van der Waals surface area contributed by atoms with Crippen molar-refractivity contribution >= 4 is 5.97 Å². The largest absolute Gasteiger partial charge is 0.469 e. The Balaban J connectivity index is 1.89. The van der Waals surface area contributed by atoms with Gasteiger partial charge in [-0.15, -0.1) is 0 Å². The monoisotopic (exact) mass is 465 g/mol. The molecule has 1 rings (SSSR count). The van der Waals surface area contributed by atoms with Crippen molar-refractivity contribution in [3.63, 3.8) is 0 Å². The number of nitrogens with zero attached hydrogens (tertiary/aromatic N) is 1. The molecule has 1 fully saturated rings. The number of carbonyl (C=O) groups is 1. The number of ether oxygens (including phenoxy) is 1. The molecule has 0 saturated heterocycles. The molecule has 0 aliphatic heterocycles. The number of esters is 1. The van der Waals surface area contributed by atoms with Crippen LogP contribution in [0.3, 0.4) is 0 Å². The lowest BCUT2D eigenvalue weighted by Gasteiger charge is -2.24. The van der Waals surface area contributed by atoms with Crippen LogP contribution >= 0.6 is 0 Å². The Bertz CT molecular complexity index is 451. The second-order valence-corrected chi connectivity index (χ2v) is 11.2. The Labute approximate surface area is 207 Å². The fourth-order valence-electron chi connectivity index (χ4n) is 5.46. The van der Waals surface area contributed by atoms with Crippen LogP contribution in [0.15, 0.2) is 0 Å². The van der Waals surface area contributed by atoms with Gasteiger partial charge in [-0.3, -0.25) is 4.79 Å². The summed E-state index contributed by atoms with van der Waals surface area (Å²) in [5.74, 6) is 2.13. The Hall–Kier alpha value is -0.570. The van der Waals surface area contributed by atoms with Crippen molar-refractivity contribution in [1.82, 2.24) is 4.90 Å². The van der Waals surface area contributed by atoms with Crippen molar-refractivity contribution in [1.29, 1.82) is 0 Å². The maximum Gasteiger partial charge on any atom is 0.305 e. The minimum absolute atomic E-state index is 0.0668. The highest BCUT2D eigenvalue weighted by Crippen LogP contribution is 2.45. The summed E-state index contributed by atoms with van der Waals surface area (Å²) in [7, 11) is 5.97. The predicted molar refractivity (Wildman–Crippen MR) is 144 cm³/mol. The van der Waals surface area contributed by atoms with E-state index in [2.05, 4.69) is 25.9 Å². The number of rotatable bonds is 24. The van der Waals surface area contributed by atoms with E-state index in [0.29, 0.717) is 6.42 Å². The predicted octanol–water partition coefficient (Wildman–Crippen LogP) is 8.94. The second kappa shape index (κ2) is 20.8. The first kappa shape index (κ1) is 30.5. The Morgan fingerprint density at radius 1 is 0.727 bits per heavy atom. The third-order valence-electron chi connectivity index (χ3n) is 7.99. The zero-order valence-corrected chi connectivity index (χ0v) is 23.1. The molecule has 0 aromatic heterocycles. The molecule has 0 amide bonds. The Kier molecular flexibility index (Phi) is 19.2. The van der Waals surface area contributed by atoms with E-state index >= 15 is 0 Å². The van der Waals surface area contributed by atoms with E-state index in [1.54, 1.807) is 6.42 Å². The van der Waals surface area contributed by atoms with Gasteiger partial charge in [0.2, 0.25) is 0 Å². The van der Waals surface area contributed by atoms with Crippen LogP contribution in [0.1, 0.15) is 148 Å². The zero-order chi connectivity index (χ0) is 24.2. The SMILES string of the molecule is CCCCCCCCC1CC1CCCCCCCC(CCCCCCCC(=O)OC)N(C)C. The summed E-state index contributed by atoms with van der Waals surface area (Å²) in [6.07, 6.45) is 29.7. The van der Waals surface area contributed by atoms with Gasteiger partial charge in [-0.1, -0.05) is 116 Å². The summed E-state index contributed by atoms with van der Waals surface area (Å²) in [4.78, 5) is 13.6. The minimum atomic E-state index is -0.0668. The molecule has 0 radical (unpaired) electrons. The molecule has 33 heavy (non-hydrogen) atoms. The van der Waals surface area contributed by atoms with Crippen LogP contribution in [0, 0.1) is 11.8 Å². The second-order valence-electron chi connectivity index (χ2n) is 11.2. The highest BCUT2D eigenvalue weighted by atomic mass is 16.5. The van der Waals surface area contributed by atoms with Gasteiger partial charge in [0.1, 0.15) is 0 Å². The first-order valence-corrected chi connectivity index (χ1v) is 14.8. The van der Waals surface area contributed by atoms with Crippen molar-refractivity contribution in [2.45, 2.75) is 154 Å². The molecule has 0 aromatic carbocycles. The average Bonchev–Trinajstić information content (AvgIpc) is 3.56. The van der Waals surface area contributed by atoms with Crippen LogP contribution in [0.25, 0.3) is 0 Å². The standard InChI is InChI=1S/C30H59NO2/c1-5-6-7-8-11-16-21-27-26-28(27)22-17-12-9-13-18-23-29(31(2)3)24-19-14-10-15-20-25-30(32)33-4/h27-29H,5-26H2,1-4H3. The van der Waals surface area contributed by atoms with E-state index in [1.807, 2.05) is 0 Å². The van der Waals surface area contributed by atoms with Gasteiger partial charge < -0.3 is 9.64 Å². The minimum Gasteiger partial charge on any atom is -0.469 e. The highest BCUT2D eigenvalue weighted by molar-refractivity contribution is 5.68. The Morgan fingerprint density at radius 3 is 1.67 bits per heavy atom. The number of hydrogen-bond donors (Lipinski definition) is 0. The van der Waals surface area contributed by atoms with Gasteiger partial charge >= 0.3 is 5.97 Å². The first-order valence-electron chi connectivity index (χ1n) is 14.8. The molecule has 196 valence electrons. The molecule has 3 unspecified atom stereocenters. The summed E-state index contributed by atoms with van der Waals surface area (Å²) < 4.78 is 4.70. The van der Waals surface area contributed by atoms with E-state index in [4.69, 9.17) is 4.74 Å². The summed E-state index contributed by atoms with van der Waals surface area (Å²) >= 11 is 0. The van der Waals surface area contributed by atoms with Crippen LogP contribution in [-0.2, 0) is 9.53 Å². The quantitative estimate of drug-likeness (QED) is 0.105. The first-order chi connectivity index (χ1) is 16.1. The normalized spacial score (nSPS) is 18.6. The van der Waals surface area contributed by atoms with Crippen molar-refractivity contribution in [2.75, 3.05) is 21.2 Å². The molecule has 3 nitrogen and oxygen atoms in total. The molecular formula is C30H59NO2. The molecule has 3 heteroatoms. The lowest BCUT2D eigenvalue weighted by Crippen LogP contribution is -2.27. The fourth-order valence-corrected chi connectivity index (χ4v) is 5.46. The fraction of sp³-hybridized carbons (Fsp3) is 0.967. The van der Waals surface area contributed by atoms with Crippen LogP contribution in [0.2, 0.25) is 0 Å². The number of methoxy groups -OCH3 is 1. The third kappa shape index (κ3) is 17.5. The van der Waals surface area contributed by atoms with Gasteiger partial charge in [0, 0.05) is 12.5 Å². The molecule has 0 bridgehead atoms. The van der Waals surface area contributed by atoms with E-state index in [-0.39, 0.29) is 5.97 Å². The summed E-state index contributed by atoms with van der Waals surface area (Å²) in [6.45, 7) is 2.30. The summed E-state index contributed by atoms with van der Waals surface area (Å²) in [6, 6.07) is 0.745. The van der Waals surface area contributed by atoms with Gasteiger partial charge in [-0.25, -0.2) is 0 Å². The molecule has 1 saturated carbocycles. The average molecular weight is 466 g/mol. The lowest BCUT2D eigenvalue weighted by atomic mass is 9.99. The van der Waals surface area contributed by atoms with Crippen molar-refractivity contribution < 1.29 is 9.53 Å². The van der Waals surface area contributed by atoms with E-state index in [1.165, 1.54) is 123 Å². The van der Waals surface area contributed by atoms with Crippen molar-refractivity contribution in [3.05, 3.63) is 0 Å². The smallest absolute Gasteiger partial charge is 0.305 e. The Morgan fingerprint density at radius 2 is 1.18 bits per heavy atom. The van der Waals surface area contributed by atoms with Crippen LogP contribution in [0.5, 0.6) is 0 Å². The number of carbonyl (C=O) groups excluding carboxylic acids is 1. The lowest BCUT2D eigenvalue weighted by molar-refractivity contribution is -0.140. The topological polar surface area (TPSA) is 29.5 Å². The van der Waals surface area contributed by atoms with Gasteiger partial charge in [-0.2, -0.15) is 0 Å². The summed E-state index contributed by atoms with van der Waals surface area (Å²) in [5.41, 5.74) is 0. The molecular weight excluding hydrogens is 406 g/mol. The van der Waals surface area contributed by atoms with E-state index < -0.39 is 0 Å². The number of unbranched alkanes of at least 4 members (excludes halogenated alkanes) is 13. The molecule has 0 N–H and O–H groups in total. The van der Waals surface area contributed by atoms with Crippen molar-refractivity contribution in [2.24, 2.45) is 11.8 Å². The van der Waals surface area contributed by atoms with Crippen LogP contribution in [-0.4, -0.2) is 38.1 Å². The van der Waals surface area contributed by atoms with Gasteiger partial charge in [-0.05, 0) is 51.6 Å². The van der Waals surface area contributed by atoms with Gasteiger partial charge in [0.05, 0.1) is 7.11 Å². The molecule has 0 spiro atoms. The van der Waals surface area contributed by atoms with Gasteiger partial charge in [0.15, 0.2) is 0 Å². The third-order valence-corrected chi connectivity index (χ3v) is 7.99. The molecule has 3 atom stereocenters. The molecule has 0 heterocycles. The van der Waals surface area contributed by atoms with Gasteiger partial charge in [0.25, 0.3) is 0 Å².